The summed E-state index contributed by atoms with van der Waals surface area (Å²) in [5.41, 5.74) is 10.2. The van der Waals surface area contributed by atoms with E-state index in [1.165, 1.54) is 16.7 Å². The maximum absolute atomic E-state index is 5.49. The molecule has 0 aliphatic carbocycles. The molecule has 0 bridgehead atoms. The first-order chi connectivity index (χ1) is 7.08. The van der Waals surface area contributed by atoms with Crippen LogP contribution in [0.4, 0.5) is 5.95 Å². The van der Waals surface area contributed by atoms with Gasteiger partial charge in [0.15, 0.2) is 5.82 Å². The number of nitrogens with one attached hydrogen (secondary N) is 1. The van der Waals surface area contributed by atoms with E-state index in [9.17, 15) is 0 Å². The van der Waals surface area contributed by atoms with Crippen LogP contribution >= 0.6 is 0 Å². The smallest absolute Gasteiger partial charge is 0.239 e. The number of nitrogens with two attached hydrogens (primary N) is 1. The summed E-state index contributed by atoms with van der Waals surface area (Å²) in [6.45, 7) is 6.21. The van der Waals surface area contributed by atoms with Crippen molar-refractivity contribution in [1.82, 2.24) is 15.2 Å². The van der Waals surface area contributed by atoms with Gasteiger partial charge >= 0.3 is 0 Å². The number of hydrogen-bond donors (Lipinski definition) is 2. The molecule has 0 fully saturated rings. The summed E-state index contributed by atoms with van der Waals surface area (Å²) < 4.78 is 0. The van der Waals surface area contributed by atoms with Crippen LogP contribution in [-0.4, -0.2) is 15.2 Å². The number of hydrogen-bond acceptors (Lipinski definition) is 3. The van der Waals surface area contributed by atoms with Gasteiger partial charge < -0.3 is 5.73 Å². The number of aromatic nitrogens is 3. The Morgan fingerprint density at radius 2 is 1.73 bits per heavy atom. The van der Waals surface area contributed by atoms with Crippen molar-refractivity contribution in [1.29, 1.82) is 0 Å². The Balaban J connectivity index is 2.62. The molecule has 0 atom stereocenters. The van der Waals surface area contributed by atoms with Gasteiger partial charge in [-0.05, 0) is 31.9 Å². The monoisotopic (exact) mass is 202 g/mol. The lowest BCUT2D eigenvalue weighted by molar-refractivity contribution is 1.10. The van der Waals surface area contributed by atoms with Gasteiger partial charge in [0.05, 0.1) is 0 Å². The summed E-state index contributed by atoms with van der Waals surface area (Å²) in [5, 5.41) is 6.68. The molecule has 0 spiro atoms. The van der Waals surface area contributed by atoms with Crippen LogP contribution in [-0.2, 0) is 0 Å². The van der Waals surface area contributed by atoms with Crippen LogP contribution in [0.1, 0.15) is 16.7 Å². The number of nitrogen functional groups attached to an aromatic ring is 1. The van der Waals surface area contributed by atoms with Gasteiger partial charge in [0.1, 0.15) is 0 Å². The molecule has 1 heterocycles. The van der Waals surface area contributed by atoms with Crippen LogP contribution in [0, 0.1) is 20.8 Å². The van der Waals surface area contributed by atoms with Gasteiger partial charge in [-0.15, -0.1) is 5.10 Å². The van der Waals surface area contributed by atoms with Crippen molar-refractivity contribution < 1.29 is 0 Å². The third-order valence-electron chi connectivity index (χ3n) is 2.42. The summed E-state index contributed by atoms with van der Waals surface area (Å²) >= 11 is 0. The van der Waals surface area contributed by atoms with E-state index in [1.54, 1.807) is 0 Å². The van der Waals surface area contributed by atoms with E-state index in [4.69, 9.17) is 5.73 Å². The number of aryl methyl sites for hydroxylation is 3. The van der Waals surface area contributed by atoms with Crippen LogP contribution in [0.25, 0.3) is 11.4 Å². The Bertz CT molecular complexity index is 476. The third-order valence-corrected chi connectivity index (χ3v) is 2.42. The normalized spacial score (nSPS) is 10.6. The van der Waals surface area contributed by atoms with Gasteiger partial charge in [0.25, 0.3) is 0 Å². The summed E-state index contributed by atoms with van der Waals surface area (Å²) in [6, 6.07) is 4.25. The second-order valence-electron chi connectivity index (χ2n) is 3.82. The zero-order chi connectivity index (χ0) is 11.0. The Kier molecular flexibility index (Phi) is 2.19. The molecule has 78 valence electrons. The third kappa shape index (κ3) is 1.70. The number of rotatable bonds is 1. The number of aromatic amines is 1. The predicted octanol–water partition coefficient (Wildman–Crippen LogP) is 1.98. The molecule has 0 saturated heterocycles. The van der Waals surface area contributed by atoms with Gasteiger partial charge in [0, 0.05) is 5.56 Å². The van der Waals surface area contributed by atoms with Gasteiger partial charge in [-0.25, -0.2) is 0 Å². The lowest BCUT2D eigenvalue weighted by atomic mass is 9.99. The fourth-order valence-electron chi connectivity index (χ4n) is 1.94. The SMILES string of the molecule is Cc1cc(C)c(-c2nc(N)n[nH]2)c(C)c1. The lowest BCUT2D eigenvalue weighted by Gasteiger charge is -2.07. The summed E-state index contributed by atoms with van der Waals surface area (Å²) in [5.74, 6) is 1.02. The van der Waals surface area contributed by atoms with E-state index in [-0.39, 0.29) is 5.95 Å². The summed E-state index contributed by atoms with van der Waals surface area (Å²) in [4.78, 5) is 4.14. The topological polar surface area (TPSA) is 67.6 Å². The highest BCUT2D eigenvalue weighted by Crippen LogP contribution is 2.25. The van der Waals surface area contributed by atoms with Crippen LogP contribution in [0.5, 0.6) is 0 Å². The van der Waals surface area contributed by atoms with Gasteiger partial charge in [-0.3, -0.25) is 5.10 Å². The number of nitrogens with zero attached hydrogens (tertiary/aromatic N) is 2. The average Bonchev–Trinajstić information content (AvgIpc) is 2.49. The first-order valence-electron chi connectivity index (χ1n) is 4.84. The zero-order valence-electron chi connectivity index (χ0n) is 9.13. The van der Waals surface area contributed by atoms with Crippen LogP contribution in [0.15, 0.2) is 12.1 Å². The highest BCUT2D eigenvalue weighted by Gasteiger charge is 2.10. The van der Waals surface area contributed by atoms with Gasteiger partial charge in [-0.1, -0.05) is 17.7 Å². The molecule has 0 saturated carbocycles. The van der Waals surface area contributed by atoms with Crippen molar-refractivity contribution in [3.63, 3.8) is 0 Å². The maximum atomic E-state index is 5.49. The summed E-state index contributed by atoms with van der Waals surface area (Å²) in [6.07, 6.45) is 0. The Morgan fingerprint density at radius 3 is 2.20 bits per heavy atom. The van der Waals surface area contributed by atoms with Gasteiger partial charge in [0.2, 0.25) is 5.95 Å². The van der Waals surface area contributed by atoms with Crippen molar-refractivity contribution >= 4 is 5.95 Å². The summed E-state index contributed by atoms with van der Waals surface area (Å²) in [7, 11) is 0. The van der Waals surface area contributed by atoms with Crippen molar-refractivity contribution in [2.45, 2.75) is 20.8 Å². The number of anilines is 1. The quantitative estimate of drug-likeness (QED) is 0.743. The molecule has 0 aliphatic heterocycles. The molecular weight excluding hydrogens is 188 g/mol. The Labute approximate surface area is 88.5 Å². The molecule has 0 aliphatic rings. The zero-order valence-corrected chi connectivity index (χ0v) is 9.13. The second kappa shape index (κ2) is 3.38. The van der Waals surface area contributed by atoms with Gasteiger partial charge in [-0.2, -0.15) is 4.98 Å². The molecule has 2 aromatic rings. The Hall–Kier alpha value is -1.84. The molecule has 4 heteroatoms. The fourth-order valence-corrected chi connectivity index (χ4v) is 1.94. The molecule has 4 nitrogen and oxygen atoms in total. The molecule has 0 amide bonds. The largest absolute Gasteiger partial charge is 0.366 e. The molecule has 1 aromatic heterocycles. The molecule has 3 N–H and O–H groups in total. The first kappa shape index (κ1) is 9.71. The predicted molar refractivity (Wildman–Crippen MR) is 60.4 cm³/mol. The van der Waals surface area contributed by atoms with E-state index in [0.717, 1.165) is 11.4 Å². The van der Waals surface area contributed by atoms with Crippen LogP contribution < -0.4 is 5.73 Å². The van der Waals surface area contributed by atoms with E-state index < -0.39 is 0 Å². The van der Waals surface area contributed by atoms with Crippen molar-refractivity contribution in [2.75, 3.05) is 5.73 Å². The van der Waals surface area contributed by atoms with Crippen molar-refractivity contribution in [2.24, 2.45) is 0 Å². The minimum atomic E-state index is 0.282. The number of H-pyrrole nitrogens is 1. The molecule has 2 rings (SSSR count). The standard InChI is InChI=1S/C11H14N4/c1-6-4-7(2)9(8(3)5-6)10-13-11(12)15-14-10/h4-5H,1-3H3,(H3,12,13,14,15). The fraction of sp³-hybridized carbons (Fsp3) is 0.273. The Morgan fingerprint density at radius 1 is 1.13 bits per heavy atom. The van der Waals surface area contributed by atoms with E-state index in [0.29, 0.717) is 0 Å². The highest BCUT2D eigenvalue weighted by molar-refractivity contribution is 5.65. The van der Waals surface area contributed by atoms with Crippen molar-refractivity contribution in [3.05, 3.63) is 28.8 Å². The minimum absolute atomic E-state index is 0.282. The van der Waals surface area contributed by atoms with E-state index >= 15 is 0 Å². The van der Waals surface area contributed by atoms with E-state index in [2.05, 4.69) is 48.1 Å². The maximum Gasteiger partial charge on any atom is 0.239 e. The molecule has 0 unspecified atom stereocenters. The van der Waals surface area contributed by atoms with Crippen LogP contribution in [0.3, 0.4) is 0 Å². The molecular formula is C11H14N4. The van der Waals surface area contributed by atoms with E-state index in [1.807, 2.05) is 0 Å². The lowest BCUT2D eigenvalue weighted by Crippen LogP contribution is -1.92. The minimum Gasteiger partial charge on any atom is -0.366 e. The molecule has 15 heavy (non-hydrogen) atoms. The molecule has 0 radical (unpaired) electrons. The van der Waals surface area contributed by atoms with Crippen molar-refractivity contribution in [3.8, 4) is 11.4 Å². The highest BCUT2D eigenvalue weighted by atomic mass is 15.3. The first-order valence-corrected chi connectivity index (χ1v) is 4.84. The second-order valence-corrected chi connectivity index (χ2v) is 3.82. The molecule has 1 aromatic carbocycles. The van der Waals surface area contributed by atoms with Crippen LogP contribution in [0.2, 0.25) is 0 Å². The average molecular weight is 202 g/mol. The number of benzene rings is 1.